The van der Waals surface area contributed by atoms with E-state index >= 15 is 0 Å². The molecule has 0 fully saturated rings. The van der Waals surface area contributed by atoms with Crippen molar-refractivity contribution in [2.75, 3.05) is 27.2 Å². The second kappa shape index (κ2) is 11.1. The number of rotatable bonds is 7. The van der Waals surface area contributed by atoms with Crippen LogP contribution in [0.1, 0.15) is 5.56 Å². The Labute approximate surface area is 177 Å². The first kappa shape index (κ1) is 23.2. The van der Waals surface area contributed by atoms with E-state index in [1.54, 1.807) is 19.2 Å². The first-order valence-electron chi connectivity index (χ1n) is 8.11. The van der Waals surface area contributed by atoms with Crippen molar-refractivity contribution < 1.29 is 13.2 Å². The molecule has 2 rings (SSSR count). The van der Waals surface area contributed by atoms with Gasteiger partial charge in [0.2, 0.25) is 10.0 Å². The monoisotopic (exact) mass is 504 g/mol. The van der Waals surface area contributed by atoms with Gasteiger partial charge < -0.3 is 15.0 Å². The SMILES string of the molecule is CN=C(NCc1cccc(S(N)(=O)=O)c1)N(C)CCOc1ccccc1.I. The summed E-state index contributed by atoms with van der Waals surface area (Å²) in [6, 6.07) is 16.1. The second-order valence-corrected chi connectivity index (χ2v) is 7.24. The third kappa shape index (κ3) is 7.73. The molecule has 0 aliphatic carbocycles. The third-order valence-corrected chi connectivity index (χ3v) is 4.60. The lowest BCUT2D eigenvalue weighted by atomic mass is 10.2. The first-order chi connectivity index (χ1) is 12.4. The average molecular weight is 504 g/mol. The van der Waals surface area contributed by atoms with Crippen LogP contribution in [0.3, 0.4) is 0 Å². The number of nitrogens with zero attached hydrogens (tertiary/aromatic N) is 2. The summed E-state index contributed by atoms with van der Waals surface area (Å²) >= 11 is 0. The molecule has 0 aromatic heterocycles. The Bertz CT molecular complexity index is 845. The summed E-state index contributed by atoms with van der Waals surface area (Å²) in [5, 5.41) is 8.36. The van der Waals surface area contributed by atoms with Crippen molar-refractivity contribution in [1.82, 2.24) is 10.2 Å². The van der Waals surface area contributed by atoms with E-state index < -0.39 is 10.0 Å². The van der Waals surface area contributed by atoms with E-state index in [-0.39, 0.29) is 28.9 Å². The molecule has 0 aliphatic heterocycles. The van der Waals surface area contributed by atoms with E-state index in [1.807, 2.05) is 48.3 Å². The van der Waals surface area contributed by atoms with Crippen molar-refractivity contribution in [2.45, 2.75) is 11.4 Å². The fourth-order valence-electron chi connectivity index (χ4n) is 2.32. The number of para-hydroxylation sites is 1. The number of halogens is 1. The molecule has 0 saturated heterocycles. The molecule has 0 amide bonds. The molecule has 7 nitrogen and oxygen atoms in total. The van der Waals surface area contributed by atoms with Crippen LogP contribution in [-0.4, -0.2) is 46.5 Å². The molecule has 0 radical (unpaired) electrons. The largest absolute Gasteiger partial charge is 0.492 e. The fourth-order valence-corrected chi connectivity index (χ4v) is 2.91. The molecule has 0 saturated carbocycles. The Hall–Kier alpha value is -1.85. The minimum Gasteiger partial charge on any atom is -0.492 e. The summed E-state index contributed by atoms with van der Waals surface area (Å²) in [6.07, 6.45) is 0. The minimum absolute atomic E-state index is 0. The molecular formula is C18H25IN4O3S. The standard InChI is InChI=1S/C18H24N4O3S.HI/c1-20-18(22(2)11-12-25-16-8-4-3-5-9-16)21-14-15-7-6-10-17(13-15)26(19,23)24;/h3-10,13H,11-12,14H2,1-2H3,(H,20,21)(H2,19,23,24);1H. The number of nitrogens with two attached hydrogens (primary N) is 1. The van der Waals surface area contributed by atoms with E-state index in [0.717, 1.165) is 11.3 Å². The lowest BCUT2D eigenvalue weighted by molar-refractivity contribution is 0.281. The van der Waals surface area contributed by atoms with Crippen molar-refractivity contribution in [3.05, 3.63) is 60.2 Å². The topological polar surface area (TPSA) is 97.0 Å². The zero-order valence-electron chi connectivity index (χ0n) is 15.3. The number of benzene rings is 2. The fraction of sp³-hybridized carbons (Fsp3) is 0.278. The molecule has 2 aromatic carbocycles. The van der Waals surface area contributed by atoms with Crippen LogP contribution in [-0.2, 0) is 16.6 Å². The highest BCUT2D eigenvalue weighted by Gasteiger charge is 2.09. The molecule has 148 valence electrons. The van der Waals surface area contributed by atoms with Gasteiger partial charge in [-0.25, -0.2) is 13.6 Å². The minimum atomic E-state index is -3.71. The van der Waals surface area contributed by atoms with Gasteiger partial charge in [0.1, 0.15) is 12.4 Å². The van der Waals surface area contributed by atoms with Crippen molar-refractivity contribution in [3.8, 4) is 5.75 Å². The van der Waals surface area contributed by atoms with Gasteiger partial charge in [-0.3, -0.25) is 4.99 Å². The van der Waals surface area contributed by atoms with E-state index in [2.05, 4.69) is 10.3 Å². The first-order valence-corrected chi connectivity index (χ1v) is 9.66. The van der Waals surface area contributed by atoms with Gasteiger partial charge in [0.05, 0.1) is 11.4 Å². The number of nitrogens with one attached hydrogen (secondary N) is 1. The van der Waals surface area contributed by atoms with Crippen LogP contribution < -0.4 is 15.2 Å². The lowest BCUT2D eigenvalue weighted by Gasteiger charge is -2.22. The van der Waals surface area contributed by atoms with Crippen molar-refractivity contribution in [1.29, 1.82) is 0 Å². The maximum absolute atomic E-state index is 11.4. The molecule has 0 heterocycles. The lowest BCUT2D eigenvalue weighted by Crippen LogP contribution is -2.40. The molecule has 0 aliphatic rings. The zero-order valence-corrected chi connectivity index (χ0v) is 18.5. The van der Waals surface area contributed by atoms with Gasteiger partial charge in [0.15, 0.2) is 5.96 Å². The number of primary sulfonamides is 1. The Morgan fingerprint density at radius 1 is 1.19 bits per heavy atom. The molecule has 9 heteroatoms. The number of aliphatic imine (C=N–C) groups is 1. The highest BCUT2D eigenvalue weighted by Crippen LogP contribution is 2.10. The molecule has 2 aromatic rings. The summed E-state index contributed by atoms with van der Waals surface area (Å²) in [5.74, 6) is 1.51. The maximum atomic E-state index is 11.4. The molecular weight excluding hydrogens is 479 g/mol. The number of sulfonamides is 1. The van der Waals surface area contributed by atoms with Gasteiger partial charge in [-0.15, -0.1) is 24.0 Å². The number of hydrogen-bond acceptors (Lipinski definition) is 4. The van der Waals surface area contributed by atoms with Gasteiger partial charge in [0, 0.05) is 20.6 Å². The van der Waals surface area contributed by atoms with Crippen LogP contribution in [0.5, 0.6) is 5.75 Å². The molecule has 27 heavy (non-hydrogen) atoms. The Balaban J connectivity index is 0.00000364. The summed E-state index contributed by atoms with van der Waals surface area (Å²) in [7, 11) is -0.110. The molecule has 0 spiro atoms. The highest BCUT2D eigenvalue weighted by molar-refractivity contribution is 14.0. The Morgan fingerprint density at radius 2 is 1.89 bits per heavy atom. The third-order valence-electron chi connectivity index (χ3n) is 3.69. The second-order valence-electron chi connectivity index (χ2n) is 5.68. The quantitative estimate of drug-likeness (QED) is 0.342. The van der Waals surface area contributed by atoms with Crippen molar-refractivity contribution in [3.63, 3.8) is 0 Å². The summed E-state index contributed by atoms with van der Waals surface area (Å²) in [6.45, 7) is 1.59. The van der Waals surface area contributed by atoms with E-state index in [4.69, 9.17) is 9.88 Å². The summed E-state index contributed by atoms with van der Waals surface area (Å²) in [5.41, 5.74) is 0.798. The van der Waals surface area contributed by atoms with Crippen LogP contribution >= 0.6 is 24.0 Å². The summed E-state index contributed by atoms with van der Waals surface area (Å²) in [4.78, 5) is 6.26. The van der Waals surface area contributed by atoms with Crippen molar-refractivity contribution in [2.24, 2.45) is 10.1 Å². The smallest absolute Gasteiger partial charge is 0.238 e. The predicted molar refractivity (Wildman–Crippen MR) is 118 cm³/mol. The molecule has 0 unspecified atom stereocenters. The van der Waals surface area contributed by atoms with E-state index in [9.17, 15) is 8.42 Å². The molecule has 0 atom stereocenters. The van der Waals surface area contributed by atoms with Crippen LogP contribution in [0.25, 0.3) is 0 Å². The normalized spacial score (nSPS) is 11.4. The zero-order chi connectivity index (χ0) is 19.0. The number of guanidine groups is 1. The maximum Gasteiger partial charge on any atom is 0.238 e. The number of hydrogen-bond donors (Lipinski definition) is 2. The number of ether oxygens (including phenoxy) is 1. The molecule has 3 N–H and O–H groups in total. The van der Waals surface area contributed by atoms with Gasteiger partial charge in [-0.1, -0.05) is 30.3 Å². The van der Waals surface area contributed by atoms with E-state index in [0.29, 0.717) is 25.7 Å². The Kier molecular flexibility index (Phi) is 9.53. The summed E-state index contributed by atoms with van der Waals surface area (Å²) < 4.78 is 28.6. The van der Waals surface area contributed by atoms with Crippen LogP contribution in [0.15, 0.2) is 64.5 Å². The van der Waals surface area contributed by atoms with Gasteiger partial charge >= 0.3 is 0 Å². The van der Waals surface area contributed by atoms with Crippen LogP contribution in [0, 0.1) is 0 Å². The highest BCUT2D eigenvalue weighted by atomic mass is 127. The molecule has 0 bridgehead atoms. The van der Waals surface area contributed by atoms with Crippen LogP contribution in [0.2, 0.25) is 0 Å². The predicted octanol–water partition coefficient (Wildman–Crippen LogP) is 2.04. The van der Waals surface area contributed by atoms with E-state index in [1.165, 1.54) is 6.07 Å². The van der Waals surface area contributed by atoms with Gasteiger partial charge in [-0.2, -0.15) is 0 Å². The van der Waals surface area contributed by atoms with Gasteiger partial charge in [-0.05, 0) is 29.8 Å². The van der Waals surface area contributed by atoms with Crippen molar-refractivity contribution >= 4 is 40.0 Å². The number of likely N-dealkylation sites (N-methyl/N-ethyl adjacent to an activating group) is 1. The van der Waals surface area contributed by atoms with Crippen LogP contribution in [0.4, 0.5) is 0 Å². The van der Waals surface area contributed by atoms with Gasteiger partial charge in [0.25, 0.3) is 0 Å². The average Bonchev–Trinajstić information content (AvgIpc) is 2.63. The Morgan fingerprint density at radius 3 is 2.52 bits per heavy atom.